The number of carbonyl (C=O) groups excluding carboxylic acids is 1. The van der Waals surface area contributed by atoms with E-state index in [9.17, 15) is 4.79 Å². The van der Waals surface area contributed by atoms with Crippen molar-refractivity contribution in [2.75, 3.05) is 14.2 Å². The van der Waals surface area contributed by atoms with Gasteiger partial charge in [0.15, 0.2) is 11.5 Å². The van der Waals surface area contributed by atoms with E-state index in [1.54, 1.807) is 26.4 Å². The van der Waals surface area contributed by atoms with E-state index in [4.69, 9.17) is 9.47 Å². The van der Waals surface area contributed by atoms with Crippen molar-refractivity contribution in [3.63, 3.8) is 0 Å². The number of hydrogen-bond acceptors (Lipinski definition) is 4. The highest BCUT2D eigenvalue weighted by Crippen LogP contribution is 2.32. The first-order valence-electron chi connectivity index (χ1n) is 7.11. The van der Waals surface area contributed by atoms with E-state index in [2.05, 4.69) is 10.3 Å². The number of nitrogens with zero attached hydrogens (tertiary/aromatic N) is 1. The fourth-order valence-electron chi connectivity index (χ4n) is 2.37. The van der Waals surface area contributed by atoms with Gasteiger partial charge in [-0.05, 0) is 12.1 Å². The number of hydrogen-bond donors (Lipinski definition) is 1. The molecule has 0 radical (unpaired) electrons. The highest BCUT2D eigenvalue weighted by atomic mass is 16.5. The minimum Gasteiger partial charge on any atom is -0.493 e. The molecule has 0 spiro atoms. The second-order valence-corrected chi connectivity index (χ2v) is 4.89. The van der Waals surface area contributed by atoms with Crippen LogP contribution in [0, 0.1) is 0 Å². The molecule has 5 heteroatoms. The summed E-state index contributed by atoms with van der Waals surface area (Å²) < 4.78 is 10.6. The zero-order valence-electron chi connectivity index (χ0n) is 12.9. The van der Waals surface area contributed by atoms with Crippen LogP contribution in [0.4, 0.5) is 0 Å². The second kappa shape index (κ2) is 6.36. The summed E-state index contributed by atoms with van der Waals surface area (Å²) in [7, 11) is 3.13. The monoisotopic (exact) mass is 308 g/mol. The smallest absolute Gasteiger partial charge is 0.275 e. The van der Waals surface area contributed by atoms with Crippen LogP contribution in [0.25, 0.3) is 6.08 Å². The molecule has 0 fully saturated rings. The molecule has 1 heterocycles. The predicted molar refractivity (Wildman–Crippen MR) is 88.6 cm³/mol. The SMILES string of the molecule is COc1cccc(/C=C2\N=C(c3ccccc3)NC2=O)c1OC. The summed E-state index contributed by atoms with van der Waals surface area (Å²) >= 11 is 0. The molecule has 0 bridgehead atoms. The van der Waals surface area contributed by atoms with Crippen molar-refractivity contribution in [1.82, 2.24) is 5.32 Å². The highest BCUT2D eigenvalue weighted by molar-refractivity contribution is 6.19. The Kier molecular flexibility index (Phi) is 4.10. The first-order valence-corrected chi connectivity index (χ1v) is 7.11. The van der Waals surface area contributed by atoms with Crippen LogP contribution in [-0.2, 0) is 4.79 Å². The number of amidine groups is 1. The summed E-state index contributed by atoms with van der Waals surface area (Å²) in [4.78, 5) is 16.5. The maximum atomic E-state index is 12.2. The zero-order valence-corrected chi connectivity index (χ0v) is 12.9. The molecule has 0 unspecified atom stereocenters. The molecule has 0 atom stereocenters. The van der Waals surface area contributed by atoms with Crippen molar-refractivity contribution in [2.24, 2.45) is 4.99 Å². The highest BCUT2D eigenvalue weighted by Gasteiger charge is 2.21. The van der Waals surface area contributed by atoms with E-state index in [1.807, 2.05) is 42.5 Å². The molecule has 116 valence electrons. The van der Waals surface area contributed by atoms with Gasteiger partial charge in [0, 0.05) is 11.1 Å². The maximum Gasteiger partial charge on any atom is 0.275 e. The maximum absolute atomic E-state index is 12.2. The van der Waals surface area contributed by atoms with Crippen LogP contribution in [0.2, 0.25) is 0 Å². The summed E-state index contributed by atoms with van der Waals surface area (Å²) in [6.07, 6.45) is 1.69. The zero-order chi connectivity index (χ0) is 16.2. The van der Waals surface area contributed by atoms with Crippen LogP contribution >= 0.6 is 0 Å². The number of carbonyl (C=O) groups is 1. The van der Waals surface area contributed by atoms with Gasteiger partial charge in [-0.15, -0.1) is 0 Å². The lowest BCUT2D eigenvalue weighted by molar-refractivity contribution is -0.115. The van der Waals surface area contributed by atoms with Gasteiger partial charge in [0.2, 0.25) is 0 Å². The number of ether oxygens (including phenoxy) is 2. The summed E-state index contributed by atoms with van der Waals surface area (Å²) in [5.41, 5.74) is 1.92. The number of nitrogens with one attached hydrogen (secondary N) is 1. The van der Waals surface area contributed by atoms with E-state index >= 15 is 0 Å². The van der Waals surface area contributed by atoms with E-state index in [0.29, 0.717) is 23.0 Å². The molecule has 23 heavy (non-hydrogen) atoms. The van der Waals surface area contributed by atoms with Gasteiger partial charge in [0.05, 0.1) is 14.2 Å². The molecule has 2 aromatic carbocycles. The van der Waals surface area contributed by atoms with Crippen LogP contribution in [0.5, 0.6) is 11.5 Å². The molecule has 5 nitrogen and oxygen atoms in total. The van der Waals surface area contributed by atoms with Crippen molar-refractivity contribution in [2.45, 2.75) is 0 Å². The Hall–Kier alpha value is -3.08. The Labute approximate surface area is 134 Å². The second-order valence-electron chi connectivity index (χ2n) is 4.89. The quantitative estimate of drug-likeness (QED) is 0.883. The number of rotatable bonds is 4. The molecule has 3 rings (SSSR count). The molecule has 0 saturated heterocycles. The average Bonchev–Trinajstić information content (AvgIpc) is 2.96. The molecule has 0 aliphatic carbocycles. The topological polar surface area (TPSA) is 59.9 Å². The normalized spacial score (nSPS) is 15.3. The largest absolute Gasteiger partial charge is 0.493 e. The first kappa shape index (κ1) is 14.8. The van der Waals surface area contributed by atoms with Crippen LogP contribution < -0.4 is 14.8 Å². The lowest BCUT2D eigenvalue weighted by atomic mass is 10.1. The Morgan fingerprint density at radius 1 is 1.00 bits per heavy atom. The van der Waals surface area contributed by atoms with Crippen LogP contribution in [0.3, 0.4) is 0 Å². The van der Waals surface area contributed by atoms with Crippen molar-refractivity contribution in [3.8, 4) is 11.5 Å². The standard InChI is InChI=1S/C18H16N2O3/c1-22-15-10-6-9-13(16(15)23-2)11-14-18(21)20-17(19-14)12-7-4-3-5-8-12/h3-11H,1-2H3,(H,19,20,21)/b14-11-. The molecular formula is C18H16N2O3. The van der Waals surface area contributed by atoms with Crippen LogP contribution in [-0.4, -0.2) is 26.0 Å². The Morgan fingerprint density at radius 3 is 2.48 bits per heavy atom. The molecule has 1 aliphatic heterocycles. The van der Waals surface area contributed by atoms with Crippen LogP contribution in [0.1, 0.15) is 11.1 Å². The molecule has 0 saturated carbocycles. The van der Waals surface area contributed by atoms with Crippen molar-refractivity contribution in [1.29, 1.82) is 0 Å². The molecule has 1 amide bonds. The Balaban J connectivity index is 2.00. The molecule has 2 aromatic rings. The summed E-state index contributed by atoms with van der Waals surface area (Å²) in [5.74, 6) is 1.48. The van der Waals surface area contributed by atoms with Crippen molar-refractivity contribution < 1.29 is 14.3 Å². The predicted octanol–water partition coefficient (Wildman–Crippen LogP) is 2.62. The first-order chi connectivity index (χ1) is 11.2. The average molecular weight is 308 g/mol. The number of para-hydroxylation sites is 1. The number of aliphatic imine (C=N–C) groups is 1. The molecule has 1 aliphatic rings. The third kappa shape index (κ3) is 2.94. The minimum absolute atomic E-state index is 0.242. The van der Waals surface area contributed by atoms with Crippen LogP contribution in [0.15, 0.2) is 59.2 Å². The van der Waals surface area contributed by atoms with Gasteiger partial charge >= 0.3 is 0 Å². The van der Waals surface area contributed by atoms with E-state index < -0.39 is 0 Å². The van der Waals surface area contributed by atoms with Crippen molar-refractivity contribution >= 4 is 17.8 Å². The number of amides is 1. The molecule has 0 aromatic heterocycles. The fourth-order valence-corrected chi connectivity index (χ4v) is 2.37. The van der Waals surface area contributed by atoms with Gasteiger partial charge in [-0.3, -0.25) is 4.79 Å². The van der Waals surface area contributed by atoms with Gasteiger partial charge in [-0.1, -0.05) is 42.5 Å². The van der Waals surface area contributed by atoms with E-state index in [0.717, 1.165) is 11.1 Å². The van der Waals surface area contributed by atoms with Gasteiger partial charge in [0.1, 0.15) is 11.5 Å². The fraction of sp³-hybridized carbons (Fsp3) is 0.111. The third-order valence-electron chi connectivity index (χ3n) is 3.47. The lowest BCUT2D eigenvalue weighted by Crippen LogP contribution is -2.24. The van der Waals surface area contributed by atoms with Crippen molar-refractivity contribution in [3.05, 3.63) is 65.4 Å². The minimum atomic E-state index is -0.242. The van der Waals surface area contributed by atoms with Gasteiger partial charge in [-0.2, -0.15) is 0 Å². The molecular weight excluding hydrogens is 292 g/mol. The Bertz CT molecular complexity index is 795. The summed E-state index contributed by atoms with van der Waals surface area (Å²) in [5, 5.41) is 2.78. The van der Waals surface area contributed by atoms with Gasteiger partial charge in [-0.25, -0.2) is 4.99 Å². The summed E-state index contributed by atoms with van der Waals surface area (Å²) in [6, 6.07) is 15.0. The number of methoxy groups -OCH3 is 2. The van der Waals surface area contributed by atoms with Gasteiger partial charge < -0.3 is 14.8 Å². The number of benzene rings is 2. The lowest BCUT2D eigenvalue weighted by Gasteiger charge is -2.09. The molecule has 1 N–H and O–H groups in total. The van der Waals surface area contributed by atoms with E-state index in [-0.39, 0.29) is 5.91 Å². The summed E-state index contributed by atoms with van der Waals surface area (Å²) in [6.45, 7) is 0. The van der Waals surface area contributed by atoms with Gasteiger partial charge in [0.25, 0.3) is 5.91 Å². The van der Waals surface area contributed by atoms with E-state index in [1.165, 1.54) is 0 Å². The Morgan fingerprint density at radius 2 is 1.78 bits per heavy atom. The third-order valence-corrected chi connectivity index (χ3v) is 3.47.